The fourth-order valence-corrected chi connectivity index (χ4v) is 3.43. The molecule has 1 fully saturated rings. The lowest BCUT2D eigenvalue weighted by atomic mass is 9.85. The first kappa shape index (κ1) is 17.4. The van der Waals surface area contributed by atoms with Gasteiger partial charge in [0, 0.05) is 32.4 Å². The Hall–Kier alpha value is -2.40. The first-order chi connectivity index (χ1) is 12.1. The summed E-state index contributed by atoms with van der Waals surface area (Å²) in [5.74, 6) is -0.352. The molecule has 0 unspecified atom stereocenters. The molecule has 4 nitrogen and oxygen atoms in total. The molecular weight excluding hydrogens is 317 g/mol. The summed E-state index contributed by atoms with van der Waals surface area (Å²) in [6, 6.07) is 16.6. The van der Waals surface area contributed by atoms with Crippen molar-refractivity contribution in [1.29, 1.82) is 0 Å². The van der Waals surface area contributed by atoms with Gasteiger partial charge in [-0.2, -0.15) is 0 Å². The van der Waals surface area contributed by atoms with Crippen molar-refractivity contribution in [1.82, 2.24) is 10.2 Å². The number of amides is 1. The van der Waals surface area contributed by atoms with E-state index in [1.165, 1.54) is 17.7 Å². The number of likely N-dealkylation sites (tertiary alicyclic amines) is 1. The summed E-state index contributed by atoms with van der Waals surface area (Å²) in [6.45, 7) is 2.50. The minimum atomic E-state index is -0.699. The van der Waals surface area contributed by atoms with Crippen LogP contribution in [0.1, 0.15) is 18.4 Å². The summed E-state index contributed by atoms with van der Waals surface area (Å²) in [5.41, 5.74) is 1.21. The highest BCUT2D eigenvalue weighted by molar-refractivity contribution is 5.89. The standard InChI is InChI=1S/C20H24FN3O/c1-22-19(25)20(23-18-9-5-8-17(21)14-18)10-12-24(13-11-20)15-16-6-3-2-4-7-16/h2-9,14,23H,10-13,15H2,1H3,(H,22,25). The average molecular weight is 341 g/mol. The third kappa shape index (κ3) is 4.17. The van der Waals surface area contributed by atoms with Gasteiger partial charge in [-0.3, -0.25) is 9.69 Å². The SMILES string of the molecule is CNC(=O)C1(Nc2cccc(F)c2)CCN(Cc2ccccc2)CC1. The Morgan fingerprint density at radius 3 is 2.48 bits per heavy atom. The van der Waals surface area contributed by atoms with Crippen LogP contribution in [-0.2, 0) is 11.3 Å². The van der Waals surface area contributed by atoms with Crippen molar-refractivity contribution in [2.45, 2.75) is 24.9 Å². The lowest BCUT2D eigenvalue weighted by Gasteiger charge is -2.41. The largest absolute Gasteiger partial charge is 0.371 e. The predicted octanol–water partition coefficient (Wildman–Crippen LogP) is 3.02. The minimum Gasteiger partial charge on any atom is -0.371 e. The smallest absolute Gasteiger partial charge is 0.245 e. The van der Waals surface area contributed by atoms with E-state index in [2.05, 4.69) is 27.7 Å². The maximum atomic E-state index is 13.5. The second kappa shape index (κ2) is 7.66. The molecule has 0 saturated carbocycles. The van der Waals surface area contributed by atoms with Crippen LogP contribution in [0.2, 0.25) is 0 Å². The highest BCUT2D eigenvalue weighted by Crippen LogP contribution is 2.28. The summed E-state index contributed by atoms with van der Waals surface area (Å²) in [5, 5.41) is 6.05. The van der Waals surface area contributed by atoms with E-state index in [-0.39, 0.29) is 11.7 Å². The Morgan fingerprint density at radius 2 is 1.84 bits per heavy atom. The van der Waals surface area contributed by atoms with Gasteiger partial charge in [0.2, 0.25) is 5.91 Å². The molecule has 2 N–H and O–H groups in total. The topological polar surface area (TPSA) is 44.4 Å². The molecule has 0 aliphatic carbocycles. The number of carbonyl (C=O) groups is 1. The Bertz CT molecular complexity index is 712. The van der Waals surface area contributed by atoms with E-state index in [9.17, 15) is 9.18 Å². The molecule has 1 aliphatic heterocycles. The van der Waals surface area contributed by atoms with Crippen molar-refractivity contribution in [2.75, 3.05) is 25.5 Å². The average Bonchev–Trinajstić information content (AvgIpc) is 2.64. The molecule has 2 aromatic carbocycles. The lowest BCUT2D eigenvalue weighted by molar-refractivity contribution is -0.126. The van der Waals surface area contributed by atoms with Gasteiger partial charge in [-0.15, -0.1) is 0 Å². The van der Waals surface area contributed by atoms with E-state index < -0.39 is 5.54 Å². The molecule has 1 heterocycles. The van der Waals surface area contributed by atoms with Crippen molar-refractivity contribution in [3.05, 3.63) is 66.0 Å². The van der Waals surface area contributed by atoms with Crippen molar-refractivity contribution in [3.63, 3.8) is 0 Å². The molecule has 0 radical (unpaired) electrons. The predicted molar refractivity (Wildman–Crippen MR) is 97.8 cm³/mol. The van der Waals surface area contributed by atoms with Crippen LogP contribution in [0, 0.1) is 5.82 Å². The highest BCUT2D eigenvalue weighted by Gasteiger charge is 2.40. The highest BCUT2D eigenvalue weighted by atomic mass is 19.1. The van der Waals surface area contributed by atoms with Crippen LogP contribution in [0.4, 0.5) is 10.1 Å². The Kier molecular flexibility index (Phi) is 5.34. The lowest BCUT2D eigenvalue weighted by Crippen LogP contribution is -2.57. The van der Waals surface area contributed by atoms with Crippen LogP contribution in [0.25, 0.3) is 0 Å². The summed E-state index contributed by atoms with van der Waals surface area (Å²) >= 11 is 0. The van der Waals surface area contributed by atoms with Crippen LogP contribution in [0.3, 0.4) is 0 Å². The number of likely N-dealkylation sites (N-methyl/N-ethyl adjacent to an activating group) is 1. The number of benzene rings is 2. The van der Waals surface area contributed by atoms with Crippen LogP contribution in [-0.4, -0.2) is 36.5 Å². The normalized spacial score (nSPS) is 17.0. The van der Waals surface area contributed by atoms with E-state index in [0.717, 1.165) is 19.6 Å². The maximum absolute atomic E-state index is 13.5. The number of nitrogens with one attached hydrogen (secondary N) is 2. The molecule has 25 heavy (non-hydrogen) atoms. The second-order valence-corrected chi connectivity index (χ2v) is 6.56. The monoisotopic (exact) mass is 341 g/mol. The van der Waals surface area contributed by atoms with Crippen molar-refractivity contribution in [3.8, 4) is 0 Å². The number of rotatable bonds is 5. The van der Waals surface area contributed by atoms with Crippen LogP contribution in [0.15, 0.2) is 54.6 Å². The number of carbonyl (C=O) groups excluding carboxylic acids is 1. The Morgan fingerprint density at radius 1 is 1.12 bits per heavy atom. The fraction of sp³-hybridized carbons (Fsp3) is 0.350. The van der Waals surface area contributed by atoms with Crippen molar-refractivity contribution < 1.29 is 9.18 Å². The number of halogens is 1. The number of hydrogen-bond acceptors (Lipinski definition) is 3. The molecule has 1 amide bonds. The number of anilines is 1. The van der Waals surface area contributed by atoms with Crippen molar-refractivity contribution in [2.24, 2.45) is 0 Å². The van der Waals surface area contributed by atoms with Gasteiger partial charge in [-0.25, -0.2) is 4.39 Å². The minimum absolute atomic E-state index is 0.0453. The van der Waals surface area contributed by atoms with Crippen LogP contribution < -0.4 is 10.6 Å². The molecule has 3 rings (SSSR count). The van der Waals surface area contributed by atoms with E-state index in [1.54, 1.807) is 19.2 Å². The summed E-state index contributed by atoms with van der Waals surface area (Å²) in [4.78, 5) is 14.9. The number of piperidine rings is 1. The molecule has 2 aromatic rings. The van der Waals surface area contributed by atoms with Gasteiger partial charge in [-0.05, 0) is 36.6 Å². The zero-order valence-corrected chi connectivity index (χ0v) is 14.5. The molecular formula is C20H24FN3O. The molecule has 0 atom stereocenters. The quantitative estimate of drug-likeness (QED) is 0.879. The molecule has 1 aliphatic rings. The molecule has 1 saturated heterocycles. The first-order valence-corrected chi connectivity index (χ1v) is 8.63. The fourth-order valence-electron chi connectivity index (χ4n) is 3.43. The van der Waals surface area contributed by atoms with Gasteiger partial charge in [-0.1, -0.05) is 36.4 Å². The third-order valence-corrected chi connectivity index (χ3v) is 4.83. The second-order valence-electron chi connectivity index (χ2n) is 6.56. The molecule has 5 heteroatoms. The maximum Gasteiger partial charge on any atom is 0.245 e. The van der Waals surface area contributed by atoms with Gasteiger partial charge < -0.3 is 10.6 Å². The van der Waals surface area contributed by atoms with E-state index in [4.69, 9.17) is 0 Å². The Balaban J connectivity index is 1.70. The molecule has 132 valence electrons. The van der Waals surface area contributed by atoms with Gasteiger partial charge in [0.05, 0.1) is 0 Å². The van der Waals surface area contributed by atoms with E-state index >= 15 is 0 Å². The van der Waals surface area contributed by atoms with Gasteiger partial charge in [0.25, 0.3) is 0 Å². The first-order valence-electron chi connectivity index (χ1n) is 8.63. The molecule has 0 spiro atoms. The number of nitrogens with zero attached hydrogens (tertiary/aromatic N) is 1. The zero-order chi connectivity index (χ0) is 17.7. The third-order valence-electron chi connectivity index (χ3n) is 4.83. The van der Waals surface area contributed by atoms with Gasteiger partial charge in [0.1, 0.15) is 11.4 Å². The van der Waals surface area contributed by atoms with Crippen molar-refractivity contribution >= 4 is 11.6 Å². The molecule has 0 bridgehead atoms. The van der Waals surface area contributed by atoms with E-state index in [1.807, 2.05) is 18.2 Å². The molecule has 0 aromatic heterocycles. The summed E-state index contributed by atoms with van der Waals surface area (Å²) < 4.78 is 13.5. The summed E-state index contributed by atoms with van der Waals surface area (Å²) in [7, 11) is 1.65. The zero-order valence-electron chi connectivity index (χ0n) is 14.5. The van der Waals surface area contributed by atoms with Crippen LogP contribution >= 0.6 is 0 Å². The van der Waals surface area contributed by atoms with E-state index in [0.29, 0.717) is 18.5 Å². The van der Waals surface area contributed by atoms with Crippen LogP contribution in [0.5, 0.6) is 0 Å². The van der Waals surface area contributed by atoms with Gasteiger partial charge in [0.15, 0.2) is 0 Å². The summed E-state index contributed by atoms with van der Waals surface area (Å²) in [6.07, 6.45) is 1.35. The van der Waals surface area contributed by atoms with Gasteiger partial charge >= 0.3 is 0 Å². The number of hydrogen-bond donors (Lipinski definition) is 2. The Labute approximate surface area is 148 Å².